The number of hydrogen-bond acceptors (Lipinski definition) is 7. The zero-order chi connectivity index (χ0) is 18.5. The van der Waals surface area contributed by atoms with Gasteiger partial charge in [-0.2, -0.15) is 9.97 Å². The Balaban J connectivity index is 1.91. The van der Waals surface area contributed by atoms with Crippen LogP contribution in [-0.2, 0) is 5.75 Å². The second-order valence-corrected chi connectivity index (χ2v) is 6.90. The largest absolute Gasteiger partial charge is 0.477 e. The molecule has 1 heterocycles. The van der Waals surface area contributed by atoms with Crippen LogP contribution in [0.4, 0.5) is 5.95 Å². The van der Waals surface area contributed by atoms with Crippen molar-refractivity contribution in [3.05, 3.63) is 58.1 Å². The van der Waals surface area contributed by atoms with Crippen molar-refractivity contribution >= 4 is 40.9 Å². The van der Waals surface area contributed by atoms with Crippen LogP contribution in [0.3, 0.4) is 0 Å². The number of nitrogens with zero attached hydrogens (tertiary/aromatic N) is 3. The standard InChI is InChI=1S/C17H15Cl2N5OS/c18-12-7-13(19)14(25-9-20)6-11(12)15-22-16(21)24-17(23-15)26-8-10-4-2-1-3-5-10/h1-7H,8-9,20H2,(H2,21,22,23,24). The zero-order valence-electron chi connectivity index (χ0n) is 13.5. The summed E-state index contributed by atoms with van der Waals surface area (Å²) in [7, 11) is 0. The molecule has 0 saturated heterocycles. The molecule has 6 nitrogen and oxygen atoms in total. The molecule has 1 aromatic heterocycles. The summed E-state index contributed by atoms with van der Waals surface area (Å²) in [6.07, 6.45) is 0. The molecule has 26 heavy (non-hydrogen) atoms. The monoisotopic (exact) mass is 407 g/mol. The lowest BCUT2D eigenvalue weighted by atomic mass is 10.2. The maximum atomic E-state index is 6.29. The number of aromatic nitrogens is 3. The third-order valence-corrected chi connectivity index (χ3v) is 4.87. The van der Waals surface area contributed by atoms with Crippen LogP contribution in [0.5, 0.6) is 5.75 Å². The van der Waals surface area contributed by atoms with E-state index in [1.165, 1.54) is 11.8 Å². The van der Waals surface area contributed by atoms with Gasteiger partial charge in [-0.3, -0.25) is 5.73 Å². The van der Waals surface area contributed by atoms with Crippen LogP contribution in [0.25, 0.3) is 11.4 Å². The molecule has 0 aliphatic carbocycles. The molecule has 0 unspecified atom stereocenters. The second-order valence-electron chi connectivity index (χ2n) is 5.15. The zero-order valence-corrected chi connectivity index (χ0v) is 15.9. The summed E-state index contributed by atoms with van der Waals surface area (Å²) in [5.41, 5.74) is 13.0. The highest BCUT2D eigenvalue weighted by atomic mass is 35.5. The summed E-state index contributed by atoms with van der Waals surface area (Å²) < 4.78 is 5.30. The Hall–Kier alpha value is -2.06. The van der Waals surface area contributed by atoms with Crippen molar-refractivity contribution in [3.63, 3.8) is 0 Å². The minimum Gasteiger partial charge on any atom is -0.477 e. The predicted molar refractivity (Wildman–Crippen MR) is 105 cm³/mol. The maximum absolute atomic E-state index is 6.29. The molecule has 3 aromatic rings. The third-order valence-electron chi connectivity index (χ3n) is 3.34. The Morgan fingerprint density at radius 1 is 1.00 bits per heavy atom. The molecule has 0 atom stereocenters. The molecule has 0 saturated carbocycles. The van der Waals surface area contributed by atoms with Gasteiger partial charge in [-0.25, -0.2) is 4.98 Å². The van der Waals surface area contributed by atoms with E-state index in [2.05, 4.69) is 15.0 Å². The first-order valence-electron chi connectivity index (χ1n) is 7.57. The molecule has 0 amide bonds. The Morgan fingerprint density at radius 3 is 2.50 bits per heavy atom. The van der Waals surface area contributed by atoms with Gasteiger partial charge in [0.15, 0.2) is 11.0 Å². The average Bonchev–Trinajstić information content (AvgIpc) is 2.63. The van der Waals surface area contributed by atoms with E-state index in [1.807, 2.05) is 30.3 Å². The number of hydrogen-bond donors (Lipinski definition) is 2. The van der Waals surface area contributed by atoms with Crippen molar-refractivity contribution in [2.45, 2.75) is 10.9 Å². The predicted octanol–water partition coefficient (Wildman–Crippen LogP) is 4.01. The molecular weight excluding hydrogens is 393 g/mol. The highest BCUT2D eigenvalue weighted by molar-refractivity contribution is 7.98. The fourth-order valence-electron chi connectivity index (χ4n) is 2.18. The highest BCUT2D eigenvalue weighted by Gasteiger charge is 2.15. The van der Waals surface area contributed by atoms with Gasteiger partial charge in [0.1, 0.15) is 12.5 Å². The van der Waals surface area contributed by atoms with Gasteiger partial charge in [0.05, 0.1) is 10.0 Å². The first kappa shape index (κ1) is 18.7. The van der Waals surface area contributed by atoms with Crippen LogP contribution in [-0.4, -0.2) is 21.7 Å². The summed E-state index contributed by atoms with van der Waals surface area (Å²) in [5.74, 6) is 1.56. The van der Waals surface area contributed by atoms with E-state index in [-0.39, 0.29) is 12.7 Å². The number of halogens is 2. The van der Waals surface area contributed by atoms with Crippen molar-refractivity contribution < 1.29 is 4.74 Å². The van der Waals surface area contributed by atoms with Gasteiger partial charge in [-0.1, -0.05) is 65.3 Å². The van der Waals surface area contributed by atoms with E-state index < -0.39 is 0 Å². The van der Waals surface area contributed by atoms with Crippen molar-refractivity contribution in [2.75, 3.05) is 12.5 Å². The van der Waals surface area contributed by atoms with E-state index in [1.54, 1.807) is 12.1 Å². The number of nitrogens with two attached hydrogens (primary N) is 2. The molecule has 0 radical (unpaired) electrons. The van der Waals surface area contributed by atoms with Crippen LogP contribution in [0, 0.1) is 0 Å². The molecule has 2 aromatic carbocycles. The number of benzene rings is 2. The number of thioether (sulfide) groups is 1. The number of nitrogen functional groups attached to an aromatic ring is 1. The minimum absolute atomic E-state index is 0.0156. The Kier molecular flexibility index (Phi) is 6.16. The molecule has 9 heteroatoms. The van der Waals surface area contributed by atoms with Gasteiger partial charge in [0, 0.05) is 11.3 Å². The quantitative estimate of drug-likeness (QED) is 0.469. The van der Waals surface area contributed by atoms with Crippen molar-refractivity contribution in [2.24, 2.45) is 5.73 Å². The van der Waals surface area contributed by atoms with Crippen LogP contribution in [0.1, 0.15) is 5.56 Å². The Labute approximate surface area is 164 Å². The van der Waals surface area contributed by atoms with Crippen LogP contribution < -0.4 is 16.2 Å². The first-order valence-corrected chi connectivity index (χ1v) is 9.31. The van der Waals surface area contributed by atoms with Crippen LogP contribution in [0.2, 0.25) is 10.0 Å². The van der Waals surface area contributed by atoms with Gasteiger partial charge in [-0.05, 0) is 17.7 Å². The lowest BCUT2D eigenvalue weighted by Crippen LogP contribution is -2.08. The van der Waals surface area contributed by atoms with Crippen LogP contribution >= 0.6 is 35.0 Å². The number of rotatable bonds is 6. The molecule has 3 rings (SSSR count). The van der Waals surface area contributed by atoms with Crippen LogP contribution in [0.15, 0.2) is 47.6 Å². The molecule has 0 aliphatic rings. The van der Waals surface area contributed by atoms with E-state index in [9.17, 15) is 0 Å². The highest BCUT2D eigenvalue weighted by Crippen LogP contribution is 2.36. The molecule has 0 fully saturated rings. The third kappa shape index (κ3) is 4.56. The molecule has 0 aliphatic heterocycles. The number of ether oxygens (including phenoxy) is 1. The summed E-state index contributed by atoms with van der Waals surface area (Å²) in [4.78, 5) is 12.8. The Bertz CT molecular complexity index is 911. The van der Waals surface area contributed by atoms with E-state index in [0.717, 1.165) is 5.56 Å². The summed E-state index contributed by atoms with van der Waals surface area (Å²) in [6, 6.07) is 13.2. The lowest BCUT2D eigenvalue weighted by molar-refractivity contribution is 0.330. The molecule has 0 spiro atoms. The second kappa shape index (κ2) is 8.55. The number of anilines is 1. The summed E-state index contributed by atoms with van der Waals surface area (Å²) in [5, 5.41) is 1.23. The van der Waals surface area contributed by atoms with E-state index in [4.69, 9.17) is 39.4 Å². The SMILES string of the molecule is NCOc1cc(-c2nc(N)nc(SCc3ccccc3)n2)c(Cl)cc1Cl. The van der Waals surface area contributed by atoms with E-state index in [0.29, 0.717) is 38.1 Å². The van der Waals surface area contributed by atoms with Gasteiger partial charge in [0.2, 0.25) is 5.95 Å². The average molecular weight is 408 g/mol. The molecule has 0 bridgehead atoms. The van der Waals surface area contributed by atoms with Gasteiger partial charge < -0.3 is 10.5 Å². The topological polar surface area (TPSA) is 99.9 Å². The Morgan fingerprint density at radius 2 is 1.77 bits per heavy atom. The molecular formula is C17H15Cl2N5OS. The maximum Gasteiger partial charge on any atom is 0.224 e. The van der Waals surface area contributed by atoms with Gasteiger partial charge >= 0.3 is 0 Å². The summed E-state index contributed by atoms with van der Waals surface area (Å²) in [6.45, 7) is -0.0156. The summed E-state index contributed by atoms with van der Waals surface area (Å²) >= 11 is 13.9. The smallest absolute Gasteiger partial charge is 0.224 e. The van der Waals surface area contributed by atoms with E-state index >= 15 is 0 Å². The van der Waals surface area contributed by atoms with Crippen molar-refractivity contribution in [3.8, 4) is 17.1 Å². The normalized spacial score (nSPS) is 10.7. The first-order chi connectivity index (χ1) is 12.6. The fourth-order valence-corrected chi connectivity index (χ4v) is 3.50. The minimum atomic E-state index is -0.0156. The fraction of sp³-hybridized carbons (Fsp3) is 0.118. The van der Waals surface area contributed by atoms with Gasteiger partial charge in [-0.15, -0.1) is 0 Å². The van der Waals surface area contributed by atoms with Crippen molar-refractivity contribution in [1.82, 2.24) is 15.0 Å². The molecule has 134 valence electrons. The van der Waals surface area contributed by atoms with Crippen molar-refractivity contribution in [1.29, 1.82) is 0 Å². The lowest BCUT2D eigenvalue weighted by Gasteiger charge is -2.10. The van der Waals surface area contributed by atoms with Gasteiger partial charge in [0.25, 0.3) is 0 Å². The molecule has 4 N–H and O–H groups in total.